The van der Waals surface area contributed by atoms with Crippen molar-refractivity contribution in [1.29, 1.82) is 0 Å². The minimum atomic E-state index is 0.644. The molecule has 1 aliphatic carbocycles. The van der Waals surface area contributed by atoms with Crippen LogP contribution < -0.4 is 5.32 Å². The van der Waals surface area contributed by atoms with Crippen molar-refractivity contribution in [1.82, 2.24) is 24.9 Å². The van der Waals surface area contributed by atoms with E-state index >= 15 is 0 Å². The van der Waals surface area contributed by atoms with E-state index in [2.05, 4.69) is 34.6 Å². The highest BCUT2D eigenvalue weighted by Crippen LogP contribution is 2.49. The SMILES string of the molecule is Cc1cc2cnn(-c3cnn(C)c3)c2cc1[C@H]1C[C@@H]2CN[C@H]([C@@H]3CCCOC3)[C@H]2C1. The molecule has 2 saturated heterocycles. The van der Waals surface area contributed by atoms with Gasteiger partial charge in [-0.05, 0) is 86.1 Å². The van der Waals surface area contributed by atoms with Gasteiger partial charge in [-0.1, -0.05) is 0 Å². The Balaban J connectivity index is 1.30. The fraction of sp³-hybridized carbons (Fsp3) is 0.583. The van der Waals surface area contributed by atoms with Crippen molar-refractivity contribution >= 4 is 10.9 Å². The number of hydrogen-bond donors (Lipinski definition) is 1. The molecular formula is C24H31N5O. The Morgan fingerprint density at radius 1 is 1.13 bits per heavy atom. The molecule has 1 saturated carbocycles. The standard InChI is InChI=1S/C24H31N5O/c1-15-6-19-11-27-29(20-12-26-28(2)13-20)23(19)9-21(15)17-7-18-10-25-24(22(18)8-17)16-4-3-5-30-14-16/h6,9,11-13,16-18,22,24-25H,3-5,7-8,10,14H2,1-2H3/t16-,17+,18-,22+,24-/m1/s1. The first-order valence-corrected chi connectivity index (χ1v) is 11.5. The van der Waals surface area contributed by atoms with Crippen molar-refractivity contribution in [3.8, 4) is 5.69 Å². The third-order valence-corrected chi connectivity index (χ3v) is 7.86. The third kappa shape index (κ3) is 3.00. The van der Waals surface area contributed by atoms with E-state index in [-0.39, 0.29) is 0 Å². The zero-order valence-corrected chi connectivity index (χ0v) is 17.9. The molecule has 3 fully saturated rings. The van der Waals surface area contributed by atoms with Gasteiger partial charge in [-0.25, -0.2) is 4.68 Å². The lowest BCUT2D eigenvalue weighted by Gasteiger charge is -2.31. The average molecular weight is 406 g/mol. The lowest BCUT2D eigenvalue weighted by molar-refractivity contribution is 0.0345. The van der Waals surface area contributed by atoms with Gasteiger partial charge in [0, 0.05) is 25.1 Å². The molecule has 3 aliphatic rings. The maximum absolute atomic E-state index is 5.81. The predicted octanol–water partition coefficient (Wildman–Crippen LogP) is 3.58. The Morgan fingerprint density at radius 3 is 2.87 bits per heavy atom. The van der Waals surface area contributed by atoms with Crippen LogP contribution >= 0.6 is 0 Å². The Morgan fingerprint density at radius 2 is 2.07 bits per heavy atom. The van der Waals surface area contributed by atoms with Gasteiger partial charge in [0.2, 0.25) is 0 Å². The second-order valence-electron chi connectivity index (χ2n) is 9.70. The minimum absolute atomic E-state index is 0.644. The number of nitrogens with zero attached hydrogens (tertiary/aromatic N) is 4. The smallest absolute Gasteiger partial charge is 0.103 e. The Labute approximate surface area is 177 Å². The highest BCUT2D eigenvalue weighted by atomic mass is 16.5. The zero-order valence-electron chi connectivity index (χ0n) is 17.9. The Kier molecular flexibility index (Phi) is 4.46. The van der Waals surface area contributed by atoms with E-state index < -0.39 is 0 Å². The Hall–Kier alpha value is -2.18. The number of ether oxygens (including phenoxy) is 1. The Bertz CT molecular complexity index is 1060. The van der Waals surface area contributed by atoms with E-state index in [1.54, 1.807) is 0 Å². The molecule has 158 valence electrons. The van der Waals surface area contributed by atoms with Crippen LogP contribution in [0.15, 0.2) is 30.7 Å². The molecule has 0 bridgehead atoms. The second kappa shape index (κ2) is 7.20. The first-order valence-electron chi connectivity index (χ1n) is 11.5. The molecule has 0 radical (unpaired) electrons. The largest absolute Gasteiger partial charge is 0.381 e. The summed E-state index contributed by atoms with van der Waals surface area (Å²) in [5.74, 6) is 2.94. The van der Waals surface area contributed by atoms with Gasteiger partial charge in [-0.2, -0.15) is 10.2 Å². The van der Waals surface area contributed by atoms with Crippen LogP contribution in [0.4, 0.5) is 0 Å². The summed E-state index contributed by atoms with van der Waals surface area (Å²) < 4.78 is 9.68. The maximum Gasteiger partial charge on any atom is 0.103 e. The molecule has 2 aliphatic heterocycles. The monoisotopic (exact) mass is 405 g/mol. The normalized spacial score (nSPS) is 31.5. The van der Waals surface area contributed by atoms with Crippen LogP contribution in [0.2, 0.25) is 0 Å². The summed E-state index contributed by atoms with van der Waals surface area (Å²) in [4.78, 5) is 0. The average Bonchev–Trinajstić information content (AvgIpc) is 3.51. The molecule has 6 rings (SSSR count). The van der Waals surface area contributed by atoms with Gasteiger partial charge >= 0.3 is 0 Å². The summed E-state index contributed by atoms with van der Waals surface area (Å²) in [5.41, 5.74) is 5.13. The summed E-state index contributed by atoms with van der Waals surface area (Å²) in [6, 6.07) is 5.37. The van der Waals surface area contributed by atoms with Crippen molar-refractivity contribution < 1.29 is 4.74 Å². The molecule has 30 heavy (non-hydrogen) atoms. The van der Waals surface area contributed by atoms with Gasteiger partial charge < -0.3 is 10.1 Å². The number of fused-ring (bicyclic) bond motifs is 2. The maximum atomic E-state index is 5.81. The second-order valence-corrected chi connectivity index (χ2v) is 9.70. The van der Waals surface area contributed by atoms with Crippen LogP contribution in [0.25, 0.3) is 16.6 Å². The van der Waals surface area contributed by atoms with Crippen LogP contribution in [0.3, 0.4) is 0 Å². The summed E-state index contributed by atoms with van der Waals surface area (Å²) in [6.45, 7) is 5.34. The molecule has 0 amide bonds. The van der Waals surface area contributed by atoms with Crippen LogP contribution in [0, 0.1) is 24.7 Å². The van der Waals surface area contributed by atoms with Crippen molar-refractivity contribution in [3.05, 3.63) is 41.9 Å². The molecule has 6 nitrogen and oxygen atoms in total. The van der Waals surface area contributed by atoms with Gasteiger partial charge in [0.05, 0.1) is 30.7 Å². The van der Waals surface area contributed by atoms with Crippen LogP contribution in [-0.4, -0.2) is 45.4 Å². The summed E-state index contributed by atoms with van der Waals surface area (Å²) >= 11 is 0. The quantitative estimate of drug-likeness (QED) is 0.724. The van der Waals surface area contributed by atoms with E-state index in [0.717, 1.165) is 30.7 Å². The van der Waals surface area contributed by atoms with Gasteiger partial charge in [0.15, 0.2) is 0 Å². The molecule has 4 heterocycles. The molecule has 3 aromatic rings. The number of nitrogens with one attached hydrogen (secondary N) is 1. The van der Waals surface area contributed by atoms with Crippen molar-refractivity contribution in [3.63, 3.8) is 0 Å². The molecule has 5 atom stereocenters. The van der Waals surface area contributed by atoms with Gasteiger partial charge in [-0.15, -0.1) is 0 Å². The number of hydrogen-bond acceptors (Lipinski definition) is 4. The first kappa shape index (κ1) is 18.6. The van der Waals surface area contributed by atoms with Crippen molar-refractivity contribution in [2.45, 2.75) is 44.6 Å². The third-order valence-electron chi connectivity index (χ3n) is 7.86. The summed E-state index contributed by atoms with van der Waals surface area (Å²) in [6.07, 6.45) is 11.0. The fourth-order valence-corrected chi connectivity index (χ4v) is 6.46. The van der Waals surface area contributed by atoms with E-state index in [0.29, 0.717) is 17.9 Å². The fourth-order valence-electron chi connectivity index (χ4n) is 6.46. The number of rotatable bonds is 3. The molecule has 1 N–H and O–H groups in total. The van der Waals surface area contributed by atoms with Crippen LogP contribution in [-0.2, 0) is 11.8 Å². The number of aryl methyl sites for hydroxylation is 2. The first-order chi connectivity index (χ1) is 14.7. The van der Waals surface area contributed by atoms with Gasteiger partial charge in [-0.3, -0.25) is 4.68 Å². The molecule has 2 aromatic heterocycles. The zero-order chi connectivity index (χ0) is 20.2. The molecule has 1 aromatic carbocycles. The van der Waals surface area contributed by atoms with E-state index in [9.17, 15) is 0 Å². The highest BCUT2D eigenvalue weighted by Gasteiger charge is 2.46. The topological polar surface area (TPSA) is 56.9 Å². The molecule has 6 heteroatoms. The van der Waals surface area contributed by atoms with Crippen LogP contribution in [0.5, 0.6) is 0 Å². The lowest BCUT2D eigenvalue weighted by atomic mass is 9.82. The van der Waals surface area contributed by atoms with E-state index in [4.69, 9.17) is 4.74 Å². The van der Waals surface area contributed by atoms with Crippen LogP contribution in [0.1, 0.15) is 42.7 Å². The number of aromatic nitrogens is 4. The molecular weight excluding hydrogens is 374 g/mol. The molecule has 0 spiro atoms. The van der Waals surface area contributed by atoms with Crippen molar-refractivity contribution in [2.24, 2.45) is 24.8 Å². The van der Waals surface area contributed by atoms with E-state index in [1.165, 1.54) is 54.3 Å². The minimum Gasteiger partial charge on any atom is -0.381 e. The highest BCUT2D eigenvalue weighted by molar-refractivity contribution is 5.82. The summed E-state index contributed by atoms with van der Waals surface area (Å²) in [7, 11) is 1.95. The van der Waals surface area contributed by atoms with Gasteiger partial charge in [0.1, 0.15) is 5.69 Å². The van der Waals surface area contributed by atoms with E-state index in [1.807, 2.05) is 35.0 Å². The lowest BCUT2D eigenvalue weighted by Crippen LogP contribution is -2.39. The van der Waals surface area contributed by atoms with Gasteiger partial charge in [0.25, 0.3) is 0 Å². The van der Waals surface area contributed by atoms with Crippen molar-refractivity contribution in [2.75, 3.05) is 19.8 Å². The molecule has 0 unspecified atom stereocenters. The number of benzene rings is 1. The predicted molar refractivity (Wildman–Crippen MR) is 117 cm³/mol. The summed E-state index contributed by atoms with van der Waals surface area (Å²) in [5, 5.41) is 14.1.